The van der Waals surface area contributed by atoms with Crippen LogP contribution in [0.5, 0.6) is 0 Å². The van der Waals surface area contributed by atoms with Gasteiger partial charge in [-0.25, -0.2) is 0 Å². The molecular formula is C16H19N3O2S2. The largest absolute Gasteiger partial charge is 0.383 e. The Balaban J connectivity index is 1.80. The van der Waals surface area contributed by atoms with Crippen molar-refractivity contribution >= 4 is 35.3 Å². The van der Waals surface area contributed by atoms with Crippen LogP contribution in [0.2, 0.25) is 0 Å². The molecule has 0 aliphatic carbocycles. The summed E-state index contributed by atoms with van der Waals surface area (Å²) in [6.45, 7) is 3.29. The summed E-state index contributed by atoms with van der Waals surface area (Å²) in [5.41, 5.74) is 8.20. The maximum atomic E-state index is 12.4. The molecule has 1 aliphatic rings. The van der Waals surface area contributed by atoms with E-state index >= 15 is 0 Å². The first-order chi connectivity index (χ1) is 11.1. The molecule has 1 fully saturated rings. The SMILES string of the molecule is Cc1ccc(-n2c(N)c(C(=O)NC[C@@H]3CCCO3)sc2=S)cc1. The lowest BCUT2D eigenvalue weighted by Crippen LogP contribution is -2.31. The molecule has 1 aromatic carbocycles. The Morgan fingerprint density at radius 3 is 2.87 bits per heavy atom. The zero-order valence-corrected chi connectivity index (χ0v) is 14.5. The van der Waals surface area contributed by atoms with Gasteiger partial charge in [-0.15, -0.1) is 0 Å². The zero-order chi connectivity index (χ0) is 16.4. The van der Waals surface area contributed by atoms with Gasteiger partial charge < -0.3 is 15.8 Å². The molecule has 23 heavy (non-hydrogen) atoms. The van der Waals surface area contributed by atoms with Gasteiger partial charge in [0, 0.05) is 18.8 Å². The van der Waals surface area contributed by atoms with E-state index in [1.165, 1.54) is 11.3 Å². The number of nitrogens with two attached hydrogens (primary N) is 1. The minimum atomic E-state index is -0.194. The van der Waals surface area contributed by atoms with Crippen LogP contribution in [0.4, 0.5) is 5.82 Å². The summed E-state index contributed by atoms with van der Waals surface area (Å²) in [4.78, 5) is 12.8. The van der Waals surface area contributed by atoms with E-state index in [1.54, 1.807) is 4.57 Å². The van der Waals surface area contributed by atoms with Crippen molar-refractivity contribution in [3.63, 3.8) is 0 Å². The molecule has 3 N–H and O–H groups in total. The summed E-state index contributed by atoms with van der Waals surface area (Å²) in [6, 6.07) is 7.88. The zero-order valence-electron chi connectivity index (χ0n) is 12.9. The van der Waals surface area contributed by atoms with E-state index in [0.29, 0.717) is 21.2 Å². The molecule has 1 aliphatic heterocycles. The first-order valence-electron chi connectivity index (χ1n) is 7.54. The van der Waals surface area contributed by atoms with E-state index in [2.05, 4.69) is 5.32 Å². The van der Waals surface area contributed by atoms with Crippen LogP contribution in [-0.4, -0.2) is 29.7 Å². The highest BCUT2D eigenvalue weighted by Gasteiger charge is 2.21. The van der Waals surface area contributed by atoms with Crippen LogP contribution >= 0.6 is 23.6 Å². The van der Waals surface area contributed by atoms with Crippen LogP contribution in [0.1, 0.15) is 28.1 Å². The van der Waals surface area contributed by atoms with E-state index in [9.17, 15) is 4.79 Å². The Morgan fingerprint density at radius 1 is 1.48 bits per heavy atom. The summed E-state index contributed by atoms with van der Waals surface area (Å²) >= 11 is 6.61. The van der Waals surface area contributed by atoms with Gasteiger partial charge >= 0.3 is 0 Å². The number of hydrogen-bond acceptors (Lipinski definition) is 5. The van der Waals surface area contributed by atoms with Crippen molar-refractivity contribution in [3.05, 3.63) is 38.7 Å². The van der Waals surface area contributed by atoms with Gasteiger partial charge in [-0.3, -0.25) is 9.36 Å². The first-order valence-corrected chi connectivity index (χ1v) is 8.77. The van der Waals surface area contributed by atoms with E-state index in [4.69, 9.17) is 22.7 Å². The third-order valence-electron chi connectivity index (χ3n) is 3.86. The maximum absolute atomic E-state index is 12.4. The summed E-state index contributed by atoms with van der Waals surface area (Å²) in [5, 5.41) is 2.89. The number of carbonyl (C=O) groups excluding carboxylic acids is 1. The Morgan fingerprint density at radius 2 is 2.22 bits per heavy atom. The summed E-state index contributed by atoms with van der Waals surface area (Å²) < 4.78 is 7.81. The van der Waals surface area contributed by atoms with Crippen molar-refractivity contribution in [2.24, 2.45) is 0 Å². The highest BCUT2D eigenvalue weighted by Crippen LogP contribution is 2.26. The number of amides is 1. The van der Waals surface area contributed by atoms with Gasteiger partial charge in [0.1, 0.15) is 10.7 Å². The van der Waals surface area contributed by atoms with Crippen LogP contribution in [0, 0.1) is 10.9 Å². The molecule has 5 nitrogen and oxygen atoms in total. The van der Waals surface area contributed by atoms with Crippen LogP contribution in [-0.2, 0) is 4.74 Å². The maximum Gasteiger partial charge on any atom is 0.265 e. The van der Waals surface area contributed by atoms with E-state index in [1.807, 2.05) is 31.2 Å². The second kappa shape index (κ2) is 6.82. The van der Waals surface area contributed by atoms with Crippen molar-refractivity contribution in [1.82, 2.24) is 9.88 Å². The third-order valence-corrected chi connectivity index (χ3v) is 5.25. The van der Waals surface area contributed by atoms with Crippen molar-refractivity contribution in [1.29, 1.82) is 0 Å². The summed E-state index contributed by atoms with van der Waals surface area (Å²) in [6.07, 6.45) is 2.13. The van der Waals surface area contributed by atoms with Crippen molar-refractivity contribution in [3.8, 4) is 5.69 Å². The number of nitrogen functional groups attached to an aromatic ring is 1. The fourth-order valence-corrected chi connectivity index (χ4v) is 3.86. The lowest BCUT2D eigenvalue weighted by Gasteiger charge is -2.10. The average molecular weight is 349 g/mol. The third kappa shape index (κ3) is 3.46. The fraction of sp³-hybridized carbons (Fsp3) is 0.375. The van der Waals surface area contributed by atoms with Gasteiger partial charge in [0.2, 0.25) is 0 Å². The number of benzene rings is 1. The minimum absolute atomic E-state index is 0.104. The smallest absolute Gasteiger partial charge is 0.265 e. The highest BCUT2D eigenvalue weighted by atomic mass is 32.1. The fourth-order valence-electron chi connectivity index (χ4n) is 2.58. The van der Waals surface area contributed by atoms with Gasteiger partial charge in [0.05, 0.1) is 6.10 Å². The molecule has 3 rings (SSSR count). The summed E-state index contributed by atoms with van der Waals surface area (Å²) in [5.74, 6) is 0.189. The first kappa shape index (κ1) is 16.2. The Labute approximate surface area is 144 Å². The summed E-state index contributed by atoms with van der Waals surface area (Å²) in [7, 11) is 0. The van der Waals surface area contributed by atoms with E-state index in [-0.39, 0.29) is 12.0 Å². The van der Waals surface area contributed by atoms with Crippen LogP contribution < -0.4 is 11.1 Å². The number of aryl methyl sites for hydroxylation is 1. The topological polar surface area (TPSA) is 69.3 Å². The van der Waals surface area contributed by atoms with Crippen LogP contribution in [0.25, 0.3) is 5.69 Å². The van der Waals surface area contributed by atoms with Crippen molar-refractivity contribution in [2.75, 3.05) is 18.9 Å². The monoisotopic (exact) mass is 349 g/mol. The standard InChI is InChI=1S/C16H19N3O2S2/c1-10-4-6-11(7-5-10)19-14(17)13(23-16(19)22)15(20)18-9-12-3-2-8-21-12/h4-7,12H,2-3,8-9,17H2,1H3,(H,18,20)/t12-/m0/s1. The molecule has 7 heteroatoms. The second-order valence-electron chi connectivity index (χ2n) is 5.60. The number of nitrogens with zero attached hydrogens (tertiary/aromatic N) is 1. The van der Waals surface area contributed by atoms with Gasteiger partial charge in [0.25, 0.3) is 5.91 Å². The van der Waals surface area contributed by atoms with Crippen LogP contribution in [0.3, 0.4) is 0 Å². The minimum Gasteiger partial charge on any atom is -0.383 e. The molecule has 0 unspecified atom stereocenters. The predicted molar refractivity (Wildman–Crippen MR) is 94.9 cm³/mol. The van der Waals surface area contributed by atoms with Crippen LogP contribution in [0.15, 0.2) is 24.3 Å². The molecule has 0 radical (unpaired) electrons. The molecule has 2 aromatic rings. The predicted octanol–water partition coefficient (Wildman–Crippen LogP) is 3.07. The molecule has 1 aromatic heterocycles. The quantitative estimate of drug-likeness (QED) is 0.833. The number of anilines is 1. The number of nitrogens with one attached hydrogen (secondary N) is 1. The molecular weight excluding hydrogens is 330 g/mol. The molecule has 1 atom stereocenters. The number of carbonyl (C=O) groups is 1. The number of thiazole rings is 1. The lowest BCUT2D eigenvalue weighted by molar-refractivity contribution is 0.0861. The molecule has 0 spiro atoms. The van der Waals surface area contributed by atoms with Crippen molar-refractivity contribution < 1.29 is 9.53 Å². The number of hydrogen-bond donors (Lipinski definition) is 2. The molecule has 1 amide bonds. The highest BCUT2D eigenvalue weighted by molar-refractivity contribution is 7.73. The van der Waals surface area contributed by atoms with Gasteiger partial charge in [-0.05, 0) is 44.1 Å². The van der Waals surface area contributed by atoms with E-state index in [0.717, 1.165) is 30.7 Å². The van der Waals surface area contributed by atoms with Gasteiger partial charge in [-0.1, -0.05) is 29.0 Å². The van der Waals surface area contributed by atoms with Gasteiger partial charge in [-0.2, -0.15) is 0 Å². The molecule has 122 valence electrons. The lowest BCUT2D eigenvalue weighted by atomic mass is 10.2. The second-order valence-corrected chi connectivity index (χ2v) is 7.24. The Bertz CT molecular complexity index is 759. The molecule has 0 bridgehead atoms. The number of aromatic nitrogens is 1. The van der Waals surface area contributed by atoms with E-state index < -0.39 is 0 Å². The molecule has 1 saturated heterocycles. The Kier molecular flexibility index (Phi) is 4.79. The van der Waals surface area contributed by atoms with Gasteiger partial charge in [0.15, 0.2) is 3.95 Å². The Hall–Kier alpha value is -1.70. The molecule has 2 heterocycles. The normalized spacial score (nSPS) is 17.3. The number of ether oxygens (including phenoxy) is 1. The average Bonchev–Trinajstić information content (AvgIpc) is 3.14. The van der Waals surface area contributed by atoms with Crippen molar-refractivity contribution in [2.45, 2.75) is 25.9 Å². The molecule has 0 saturated carbocycles. The number of rotatable bonds is 4.